The Kier molecular flexibility index (Phi) is 3.23. The summed E-state index contributed by atoms with van der Waals surface area (Å²) in [5.74, 6) is 2.19. The minimum Gasteiger partial charge on any atom is -0.493 e. The average molecular weight is 307 g/mol. The van der Waals surface area contributed by atoms with Crippen molar-refractivity contribution in [3.05, 3.63) is 60.5 Å². The number of hydrogen-bond acceptors (Lipinski definition) is 3. The van der Waals surface area contributed by atoms with Crippen LogP contribution in [0, 0.1) is 0 Å². The zero-order valence-corrected chi connectivity index (χ0v) is 13.1. The van der Waals surface area contributed by atoms with Crippen molar-refractivity contribution >= 4 is 21.9 Å². The van der Waals surface area contributed by atoms with E-state index >= 15 is 0 Å². The van der Waals surface area contributed by atoms with Crippen molar-refractivity contribution in [2.24, 2.45) is 0 Å². The molecule has 0 saturated heterocycles. The molecule has 2 aromatic heterocycles. The largest absolute Gasteiger partial charge is 0.493 e. The summed E-state index contributed by atoms with van der Waals surface area (Å²) in [4.78, 5) is 0. The molecule has 4 nitrogen and oxygen atoms in total. The minimum absolute atomic E-state index is 0.633. The van der Waals surface area contributed by atoms with E-state index in [1.54, 1.807) is 14.2 Å². The molecular formula is C19H17NO3. The van der Waals surface area contributed by atoms with Crippen LogP contribution in [0.3, 0.4) is 0 Å². The monoisotopic (exact) mass is 307 g/mol. The number of rotatable bonds is 4. The van der Waals surface area contributed by atoms with Gasteiger partial charge in [0.1, 0.15) is 5.76 Å². The van der Waals surface area contributed by atoms with E-state index in [9.17, 15) is 0 Å². The number of fused-ring (bicyclic) bond motifs is 2. The smallest absolute Gasteiger partial charge is 0.204 e. The maximum atomic E-state index is 6.03. The average Bonchev–Trinajstić information content (AvgIpc) is 3.18. The number of para-hydroxylation sites is 1. The van der Waals surface area contributed by atoms with E-state index in [0.717, 1.165) is 16.7 Å². The van der Waals surface area contributed by atoms with Gasteiger partial charge in [-0.25, -0.2) is 0 Å². The van der Waals surface area contributed by atoms with Gasteiger partial charge < -0.3 is 18.5 Å². The zero-order valence-electron chi connectivity index (χ0n) is 13.1. The predicted octanol–water partition coefficient (Wildman–Crippen LogP) is 4.45. The van der Waals surface area contributed by atoms with E-state index in [2.05, 4.69) is 29.0 Å². The molecule has 4 heteroatoms. The lowest BCUT2D eigenvalue weighted by atomic mass is 10.2. The number of aromatic nitrogens is 1. The van der Waals surface area contributed by atoms with E-state index in [1.165, 1.54) is 10.9 Å². The van der Waals surface area contributed by atoms with Crippen LogP contribution >= 0.6 is 0 Å². The molecule has 0 bridgehead atoms. The van der Waals surface area contributed by atoms with Crippen molar-refractivity contribution in [3.8, 4) is 11.5 Å². The summed E-state index contributed by atoms with van der Waals surface area (Å²) in [7, 11) is 3.25. The molecule has 23 heavy (non-hydrogen) atoms. The highest BCUT2D eigenvalue weighted by molar-refractivity contribution is 5.86. The predicted molar refractivity (Wildman–Crippen MR) is 90.4 cm³/mol. The molecule has 0 aliphatic carbocycles. The molecular weight excluding hydrogens is 290 g/mol. The van der Waals surface area contributed by atoms with Crippen LogP contribution in [0.2, 0.25) is 0 Å². The molecule has 0 atom stereocenters. The van der Waals surface area contributed by atoms with Gasteiger partial charge in [-0.15, -0.1) is 0 Å². The summed E-state index contributed by atoms with van der Waals surface area (Å²) in [5.41, 5.74) is 1.91. The fourth-order valence-corrected chi connectivity index (χ4v) is 2.99. The van der Waals surface area contributed by atoms with Gasteiger partial charge in [0, 0.05) is 17.1 Å². The third-order valence-electron chi connectivity index (χ3n) is 4.09. The summed E-state index contributed by atoms with van der Waals surface area (Å²) in [5, 5.41) is 2.23. The van der Waals surface area contributed by atoms with Gasteiger partial charge in [-0.2, -0.15) is 0 Å². The van der Waals surface area contributed by atoms with Crippen LogP contribution < -0.4 is 9.47 Å². The Labute approximate surface area is 133 Å². The Morgan fingerprint density at radius 1 is 0.957 bits per heavy atom. The maximum absolute atomic E-state index is 6.03. The van der Waals surface area contributed by atoms with Gasteiger partial charge in [-0.05, 0) is 35.7 Å². The quantitative estimate of drug-likeness (QED) is 0.559. The molecule has 0 N–H and O–H groups in total. The first-order chi connectivity index (χ1) is 11.3. The molecule has 116 valence electrons. The highest BCUT2D eigenvalue weighted by atomic mass is 16.5. The zero-order chi connectivity index (χ0) is 15.8. The first-order valence-corrected chi connectivity index (χ1v) is 7.47. The Morgan fingerprint density at radius 3 is 2.65 bits per heavy atom. The second kappa shape index (κ2) is 5.39. The van der Waals surface area contributed by atoms with Crippen molar-refractivity contribution < 1.29 is 13.9 Å². The van der Waals surface area contributed by atoms with E-state index in [1.807, 2.05) is 30.3 Å². The fraction of sp³-hybridized carbons (Fsp3) is 0.158. The molecule has 2 heterocycles. The topological polar surface area (TPSA) is 36.5 Å². The lowest BCUT2D eigenvalue weighted by Crippen LogP contribution is -1.95. The third kappa shape index (κ3) is 2.23. The molecule has 0 radical (unpaired) electrons. The van der Waals surface area contributed by atoms with Gasteiger partial charge in [-0.3, -0.25) is 0 Å². The van der Waals surface area contributed by atoms with Crippen LogP contribution in [-0.2, 0) is 6.54 Å². The van der Waals surface area contributed by atoms with Crippen LogP contribution in [0.25, 0.3) is 21.9 Å². The van der Waals surface area contributed by atoms with Crippen molar-refractivity contribution in [3.63, 3.8) is 0 Å². The number of methoxy groups -OCH3 is 2. The number of benzene rings is 2. The van der Waals surface area contributed by atoms with Gasteiger partial charge in [0.25, 0.3) is 0 Å². The summed E-state index contributed by atoms with van der Waals surface area (Å²) < 4.78 is 19.0. The molecule has 0 amide bonds. The second-order valence-electron chi connectivity index (χ2n) is 5.43. The van der Waals surface area contributed by atoms with Crippen LogP contribution in [0.1, 0.15) is 5.76 Å². The van der Waals surface area contributed by atoms with Gasteiger partial charge in [0.05, 0.1) is 20.8 Å². The Hall–Kier alpha value is -2.88. The molecule has 0 saturated carbocycles. The van der Waals surface area contributed by atoms with Crippen molar-refractivity contribution in [1.82, 2.24) is 4.57 Å². The van der Waals surface area contributed by atoms with Crippen molar-refractivity contribution in [2.45, 2.75) is 6.54 Å². The third-order valence-corrected chi connectivity index (χ3v) is 4.09. The molecule has 0 unspecified atom stereocenters. The van der Waals surface area contributed by atoms with Crippen molar-refractivity contribution in [2.75, 3.05) is 14.2 Å². The number of nitrogens with zero attached hydrogens (tertiary/aromatic N) is 1. The van der Waals surface area contributed by atoms with Crippen LogP contribution in [0.4, 0.5) is 0 Å². The molecule has 0 spiro atoms. The molecule has 0 aliphatic heterocycles. The van der Waals surface area contributed by atoms with Crippen LogP contribution in [0.15, 0.2) is 59.1 Å². The van der Waals surface area contributed by atoms with Gasteiger partial charge in [0.2, 0.25) is 5.75 Å². The Balaban J connectivity index is 1.78. The van der Waals surface area contributed by atoms with Crippen molar-refractivity contribution in [1.29, 1.82) is 0 Å². The van der Waals surface area contributed by atoms with Gasteiger partial charge >= 0.3 is 0 Å². The molecule has 2 aromatic carbocycles. The standard InChI is InChI=1S/C19H17NO3/c1-21-17-8-7-14-11-15(23-18(14)19(17)22-2)12-20-10-9-13-5-3-4-6-16(13)20/h3-11H,12H2,1-2H3. The number of ether oxygens (including phenoxy) is 2. The molecule has 0 aliphatic rings. The number of furan rings is 1. The fourth-order valence-electron chi connectivity index (χ4n) is 2.99. The second-order valence-corrected chi connectivity index (χ2v) is 5.43. The normalized spacial score (nSPS) is 11.2. The van der Waals surface area contributed by atoms with E-state index in [-0.39, 0.29) is 0 Å². The highest BCUT2D eigenvalue weighted by Gasteiger charge is 2.14. The maximum Gasteiger partial charge on any atom is 0.204 e. The summed E-state index contributed by atoms with van der Waals surface area (Å²) in [6.45, 7) is 0.674. The van der Waals surface area contributed by atoms with E-state index < -0.39 is 0 Å². The highest BCUT2D eigenvalue weighted by Crippen LogP contribution is 2.37. The van der Waals surface area contributed by atoms with E-state index in [4.69, 9.17) is 13.9 Å². The summed E-state index contributed by atoms with van der Waals surface area (Å²) in [6.07, 6.45) is 2.08. The molecule has 4 aromatic rings. The van der Waals surface area contributed by atoms with Gasteiger partial charge in [0.15, 0.2) is 11.3 Å². The van der Waals surface area contributed by atoms with Gasteiger partial charge in [-0.1, -0.05) is 18.2 Å². The summed E-state index contributed by atoms with van der Waals surface area (Å²) in [6, 6.07) is 16.4. The first-order valence-electron chi connectivity index (χ1n) is 7.47. The lowest BCUT2D eigenvalue weighted by Gasteiger charge is -2.06. The lowest BCUT2D eigenvalue weighted by molar-refractivity contribution is 0.352. The van der Waals surface area contributed by atoms with Crippen LogP contribution in [0.5, 0.6) is 11.5 Å². The SMILES string of the molecule is COc1ccc2cc(Cn3ccc4ccccc43)oc2c1OC. The Morgan fingerprint density at radius 2 is 1.83 bits per heavy atom. The molecule has 0 fully saturated rings. The minimum atomic E-state index is 0.633. The van der Waals surface area contributed by atoms with Crippen LogP contribution in [-0.4, -0.2) is 18.8 Å². The molecule has 4 rings (SSSR count). The first kappa shape index (κ1) is 13.8. The summed E-state index contributed by atoms with van der Waals surface area (Å²) >= 11 is 0. The number of hydrogen-bond donors (Lipinski definition) is 0. The Bertz CT molecular complexity index is 981. The van der Waals surface area contributed by atoms with E-state index in [0.29, 0.717) is 18.0 Å².